The van der Waals surface area contributed by atoms with Crippen LogP contribution in [-0.4, -0.2) is 12.4 Å². The summed E-state index contributed by atoms with van der Waals surface area (Å²) in [6.07, 6.45) is -9.42. The normalized spacial score (nSPS) is 31.9. The summed E-state index contributed by atoms with van der Waals surface area (Å²) in [6.45, 7) is 2.88. The Kier molecular flexibility index (Phi) is 4.04. The maximum atomic E-state index is 12.7. The first kappa shape index (κ1) is 14.6. The lowest BCUT2D eigenvalue weighted by Crippen LogP contribution is -2.45. The Bertz CT molecular complexity index is 230. The van der Waals surface area contributed by atoms with Gasteiger partial charge in [-0.15, -0.1) is 0 Å². The van der Waals surface area contributed by atoms with E-state index < -0.39 is 36.0 Å². The fraction of sp³-hybridized carbons (Fsp3) is 1.00. The molecule has 2 atom stereocenters. The minimum absolute atomic E-state index is 0.00241. The summed E-state index contributed by atoms with van der Waals surface area (Å²) in [5.41, 5.74) is 0. The SMILES string of the molecule is CC(C)C1C(C(F)(F)F)CCCC1C(F)(F)F. The molecule has 0 amide bonds. The predicted molar refractivity (Wildman–Crippen MR) is 51.3 cm³/mol. The van der Waals surface area contributed by atoms with Crippen LogP contribution < -0.4 is 0 Å². The van der Waals surface area contributed by atoms with Gasteiger partial charge in [-0.1, -0.05) is 20.3 Å². The van der Waals surface area contributed by atoms with E-state index in [0.717, 1.165) is 0 Å². The third-order valence-electron chi connectivity index (χ3n) is 3.57. The molecule has 0 N–H and O–H groups in total. The molecule has 2 unspecified atom stereocenters. The minimum atomic E-state index is -4.53. The van der Waals surface area contributed by atoms with E-state index in [0.29, 0.717) is 0 Å². The summed E-state index contributed by atoms with van der Waals surface area (Å²) in [5, 5.41) is 0. The van der Waals surface area contributed by atoms with Crippen molar-refractivity contribution in [1.29, 1.82) is 0 Å². The molecule has 0 heterocycles. The van der Waals surface area contributed by atoms with Crippen LogP contribution >= 0.6 is 0 Å². The van der Waals surface area contributed by atoms with Gasteiger partial charge in [0, 0.05) is 0 Å². The molecule has 1 saturated carbocycles. The van der Waals surface area contributed by atoms with Gasteiger partial charge in [0.15, 0.2) is 0 Å². The summed E-state index contributed by atoms with van der Waals surface area (Å²) >= 11 is 0. The fourth-order valence-electron chi connectivity index (χ4n) is 2.92. The highest BCUT2D eigenvalue weighted by molar-refractivity contribution is 4.90. The highest BCUT2D eigenvalue weighted by atomic mass is 19.4. The molecule has 0 saturated heterocycles. The van der Waals surface area contributed by atoms with Gasteiger partial charge in [0.1, 0.15) is 0 Å². The third-order valence-corrected chi connectivity index (χ3v) is 3.57. The second-order valence-corrected chi connectivity index (χ2v) is 5.05. The van der Waals surface area contributed by atoms with Gasteiger partial charge in [-0.3, -0.25) is 0 Å². The lowest BCUT2D eigenvalue weighted by atomic mass is 9.66. The van der Waals surface area contributed by atoms with Crippen LogP contribution in [0.2, 0.25) is 0 Å². The summed E-state index contributed by atoms with van der Waals surface area (Å²) in [4.78, 5) is 0. The Balaban J connectivity index is 3.01. The molecule has 0 aromatic carbocycles. The van der Waals surface area contributed by atoms with Crippen molar-refractivity contribution < 1.29 is 26.3 Å². The van der Waals surface area contributed by atoms with Crippen LogP contribution in [0, 0.1) is 23.7 Å². The average Bonchev–Trinajstić information content (AvgIpc) is 2.13. The molecular formula is C11H16F6. The van der Waals surface area contributed by atoms with Gasteiger partial charge in [0.25, 0.3) is 0 Å². The molecular weight excluding hydrogens is 246 g/mol. The van der Waals surface area contributed by atoms with E-state index in [2.05, 4.69) is 0 Å². The molecule has 1 fully saturated rings. The Morgan fingerprint density at radius 1 is 0.824 bits per heavy atom. The van der Waals surface area contributed by atoms with E-state index in [4.69, 9.17) is 0 Å². The van der Waals surface area contributed by atoms with Crippen molar-refractivity contribution in [3.63, 3.8) is 0 Å². The largest absolute Gasteiger partial charge is 0.392 e. The lowest BCUT2D eigenvalue weighted by molar-refractivity contribution is -0.252. The van der Waals surface area contributed by atoms with Crippen LogP contribution in [0.25, 0.3) is 0 Å². The summed E-state index contributed by atoms with van der Waals surface area (Å²) in [7, 11) is 0. The topological polar surface area (TPSA) is 0 Å². The molecule has 1 rings (SSSR count). The molecule has 0 aromatic heterocycles. The monoisotopic (exact) mass is 262 g/mol. The highest BCUT2D eigenvalue weighted by Gasteiger charge is 2.56. The van der Waals surface area contributed by atoms with Gasteiger partial charge in [-0.25, -0.2) is 0 Å². The van der Waals surface area contributed by atoms with E-state index in [9.17, 15) is 26.3 Å². The van der Waals surface area contributed by atoms with E-state index in [1.54, 1.807) is 0 Å². The maximum absolute atomic E-state index is 12.7. The number of rotatable bonds is 1. The number of hydrogen-bond donors (Lipinski definition) is 0. The standard InChI is InChI=1S/C11H16F6/c1-6(2)9-7(10(12,13)14)4-3-5-8(9)11(15,16)17/h6-9H,3-5H2,1-2H3. The molecule has 0 aromatic rings. The first-order valence-corrected chi connectivity index (χ1v) is 5.68. The first-order chi connectivity index (χ1) is 7.55. The first-order valence-electron chi connectivity index (χ1n) is 5.68. The van der Waals surface area contributed by atoms with E-state index in [1.807, 2.05) is 0 Å². The smallest absolute Gasteiger partial charge is 0.171 e. The number of hydrogen-bond acceptors (Lipinski definition) is 0. The maximum Gasteiger partial charge on any atom is 0.392 e. The zero-order valence-corrected chi connectivity index (χ0v) is 9.70. The summed E-state index contributed by atoms with van der Waals surface area (Å²) < 4.78 is 76.5. The molecule has 6 heteroatoms. The van der Waals surface area contributed by atoms with E-state index in [-0.39, 0.29) is 19.3 Å². The molecule has 17 heavy (non-hydrogen) atoms. The molecule has 0 bridgehead atoms. The molecule has 1 aliphatic rings. The van der Waals surface area contributed by atoms with Gasteiger partial charge in [-0.05, 0) is 24.7 Å². The molecule has 102 valence electrons. The fourth-order valence-corrected chi connectivity index (χ4v) is 2.92. The van der Waals surface area contributed by atoms with Crippen molar-refractivity contribution in [3.8, 4) is 0 Å². The predicted octanol–water partition coefficient (Wildman–Crippen LogP) is 4.80. The number of alkyl halides is 6. The van der Waals surface area contributed by atoms with E-state index in [1.165, 1.54) is 13.8 Å². The van der Waals surface area contributed by atoms with Crippen LogP contribution in [0.4, 0.5) is 26.3 Å². The lowest BCUT2D eigenvalue weighted by Gasteiger charge is -2.42. The van der Waals surface area contributed by atoms with E-state index >= 15 is 0 Å². The molecule has 0 spiro atoms. The van der Waals surface area contributed by atoms with Gasteiger partial charge >= 0.3 is 12.4 Å². The third kappa shape index (κ3) is 3.28. The van der Waals surface area contributed by atoms with Crippen LogP contribution in [0.1, 0.15) is 33.1 Å². The van der Waals surface area contributed by atoms with Crippen LogP contribution in [0.3, 0.4) is 0 Å². The Morgan fingerprint density at radius 2 is 1.18 bits per heavy atom. The second-order valence-electron chi connectivity index (χ2n) is 5.05. The van der Waals surface area contributed by atoms with Crippen LogP contribution in [-0.2, 0) is 0 Å². The zero-order valence-electron chi connectivity index (χ0n) is 9.70. The van der Waals surface area contributed by atoms with Crippen molar-refractivity contribution in [3.05, 3.63) is 0 Å². The number of halogens is 6. The van der Waals surface area contributed by atoms with Crippen molar-refractivity contribution in [2.75, 3.05) is 0 Å². The zero-order chi connectivity index (χ0) is 13.4. The second kappa shape index (κ2) is 4.69. The van der Waals surface area contributed by atoms with Crippen molar-refractivity contribution in [1.82, 2.24) is 0 Å². The molecule has 0 aliphatic heterocycles. The van der Waals surface area contributed by atoms with Gasteiger partial charge < -0.3 is 0 Å². The van der Waals surface area contributed by atoms with Gasteiger partial charge in [-0.2, -0.15) is 26.3 Å². The Morgan fingerprint density at radius 3 is 1.41 bits per heavy atom. The Hall–Kier alpha value is -0.420. The summed E-state index contributed by atoms with van der Waals surface area (Å²) in [6, 6.07) is 0. The van der Waals surface area contributed by atoms with Crippen molar-refractivity contribution >= 4 is 0 Å². The average molecular weight is 262 g/mol. The minimum Gasteiger partial charge on any atom is -0.171 e. The van der Waals surface area contributed by atoms with Crippen molar-refractivity contribution in [2.24, 2.45) is 23.7 Å². The highest BCUT2D eigenvalue weighted by Crippen LogP contribution is 2.51. The molecule has 0 radical (unpaired) electrons. The molecule has 1 aliphatic carbocycles. The van der Waals surface area contributed by atoms with Crippen LogP contribution in [0.5, 0.6) is 0 Å². The Labute approximate surface area is 96.4 Å². The summed E-state index contributed by atoms with van der Waals surface area (Å²) in [5.74, 6) is -5.59. The quantitative estimate of drug-likeness (QED) is 0.595. The van der Waals surface area contributed by atoms with Gasteiger partial charge in [0.2, 0.25) is 0 Å². The van der Waals surface area contributed by atoms with Crippen LogP contribution in [0.15, 0.2) is 0 Å². The van der Waals surface area contributed by atoms with Crippen molar-refractivity contribution in [2.45, 2.75) is 45.5 Å². The van der Waals surface area contributed by atoms with Gasteiger partial charge in [0.05, 0.1) is 11.8 Å². The molecule has 0 nitrogen and oxygen atoms in total.